The predicted octanol–water partition coefficient (Wildman–Crippen LogP) is 3.13. The molecule has 1 saturated carbocycles. The quantitative estimate of drug-likeness (QED) is 0.881. The number of hydrogen-bond acceptors (Lipinski definition) is 3. The number of nitrogens with zero attached hydrogens (tertiary/aromatic N) is 2. The number of rotatable bonds is 2. The highest BCUT2D eigenvalue weighted by Gasteiger charge is 2.45. The lowest BCUT2D eigenvalue weighted by Crippen LogP contribution is -2.48. The Labute approximate surface area is 157 Å². The van der Waals surface area contributed by atoms with Crippen molar-refractivity contribution in [2.24, 2.45) is 0 Å². The van der Waals surface area contributed by atoms with Gasteiger partial charge in [0.2, 0.25) is 5.91 Å². The molecular weight excluding hydrogens is 350 g/mol. The highest BCUT2D eigenvalue weighted by Crippen LogP contribution is 2.43. The molecule has 5 nitrogen and oxygen atoms in total. The fourth-order valence-corrected chi connectivity index (χ4v) is 4.54. The van der Waals surface area contributed by atoms with Crippen LogP contribution in [0.5, 0.6) is 0 Å². The third-order valence-corrected chi connectivity index (χ3v) is 5.99. The number of aryl methyl sites for hydroxylation is 1. The zero-order valence-electron chi connectivity index (χ0n) is 14.8. The van der Waals surface area contributed by atoms with Crippen molar-refractivity contribution in [3.63, 3.8) is 0 Å². The van der Waals surface area contributed by atoms with Gasteiger partial charge < -0.3 is 9.88 Å². The van der Waals surface area contributed by atoms with Crippen LogP contribution < -0.4 is 5.56 Å². The maximum absolute atomic E-state index is 13.6. The number of aromatic nitrogens is 2. The second-order valence-electron chi connectivity index (χ2n) is 7.35. The summed E-state index contributed by atoms with van der Waals surface area (Å²) < 4.78 is 0. The average Bonchev–Trinajstić information content (AvgIpc) is 3.12. The van der Waals surface area contributed by atoms with Crippen LogP contribution in [-0.2, 0) is 23.2 Å². The summed E-state index contributed by atoms with van der Waals surface area (Å²) in [6, 6.07) is 7.69. The molecule has 2 heterocycles. The van der Waals surface area contributed by atoms with Crippen LogP contribution in [0.15, 0.2) is 29.1 Å². The van der Waals surface area contributed by atoms with Crippen LogP contribution in [0.1, 0.15) is 48.3 Å². The van der Waals surface area contributed by atoms with Crippen LogP contribution in [0.3, 0.4) is 0 Å². The van der Waals surface area contributed by atoms with Crippen molar-refractivity contribution in [3.8, 4) is 0 Å². The van der Waals surface area contributed by atoms with Crippen LogP contribution >= 0.6 is 11.6 Å². The summed E-state index contributed by atoms with van der Waals surface area (Å²) in [6.45, 7) is 2.75. The maximum Gasteiger partial charge on any atom is 0.254 e. The minimum atomic E-state index is -0.474. The van der Waals surface area contributed by atoms with Gasteiger partial charge in [-0.15, -0.1) is 0 Å². The SMILES string of the molecule is Cc1nc2c(c(=O)[nH]1)CCN(C(=O)C1(c3ccc(Cl)cc3)CCCC1)C2. The van der Waals surface area contributed by atoms with Gasteiger partial charge in [0.05, 0.1) is 17.7 Å². The number of halogens is 1. The Hall–Kier alpha value is -2.14. The molecule has 1 N–H and O–H groups in total. The first-order chi connectivity index (χ1) is 12.5. The van der Waals surface area contributed by atoms with E-state index in [0.29, 0.717) is 35.9 Å². The Balaban J connectivity index is 1.67. The van der Waals surface area contributed by atoms with E-state index in [2.05, 4.69) is 9.97 Å². The molecule has 0 spiro atoms. The molecule has 0 atom stereocenters. The van der Waals surface area contributed by atoms with E-state index in [0.717, 1.165) is 36.9 Å². The average molecular weight is 372 g/mol. The summed E-state index contributed by atoms with van der Waals surface area (Å²) in [5, 5.41) is 0.681. The Kier molecular flexibility index (Phi) is 4.35. The molecule has 1 amide bonds. The number of carbonyl (C=O) groups is 1. The molecule has 1 aromatic carbocycles. The summed E-state index contributed by atoms with van der Waals surface area (Å²) in [5.74, 6) is 0.749. The Morgan fingerprint density at radius 2 is 1.92 bits per heavy atom. The van der Waals surface area contributed by atoms with Crippen molar-refractivity contribution in [3.05, 3.63) is 62.3 Å². The standard InChI is InChI=1S/C20H22ClN3O2/c1-13-22-17-12-24(11-8-16(17)18(25)23-13)19(26)20(9-2-3-10-20)14-4-6-15(21)7-5-14/h4-7H,2-3,8-12H2,1H3,(H,22,23,25). The van der Waals surface area contributed by atoms with Crippen molar-refractivity contribution in [1.82, 2.24) is 14.9 Å². The predicted molar refractivity (Wildman–Crippen MR) is 100 cm³/mol. The number of carbonyl (C=O) groups excluding carboxylic acids is 1. The highest BCUT2D eigenvalue weighted by molar-refractivity contribution is 6.30. The monoisotopic (exact) mass is 371 g/mol. The van der Waals surface area contributed by atoms with E-state index in [-0.39, 0.29) is 11.5 Å². The van der Waals surface area contributed by atoms with E-state index in [4.69, 9.17) is 11.6 Å². The first-order valence-corrected chi connectivity index (χ1v) is 9.51. The molecule has 1 aliphatic heterocycles. The Morgan fingerprint density at radius 3 is 2.62 bits per heavy atom. The summed E-state index contributed by atoms with van der Waals surface area (Å²) in [5.41, 5.74) is 1.94. The molecule has 6 heteroatoms. The van der Waals surface area contributed by atoms with Crippen molar-refractivity contribution >= 4 is 17.5 Å². The molecule has 1 fully saturated rings. The van der Waals surface area contributed by atoms with E-state index in [1.54, 1.807) is 6.92 Å². The van der Waals surface area contributed by atoms with Gasteiger partial charge in [-0.2, -0.15) is 0 Å². The normalized spacial score (nSPS) is 18.6. The van der Waals surface area contributed by atoms with Gasteiger partial charge in [-0.25, -0.2) is 4.98 Å². The molecule has 2 aromatic rings. The number of fused-ring (bicyclic) bond motifs is 1. The van der Waals surface area contributed by atoms with Crippen LogP contribution in [0.2, 0.25) is 5.02 Å². The van der Waals surface area contributed by atoms with Crippen LogP contribution in [0, 0.1) is 6.92 Å². The van der Waals surface area contributed by atoms with E-state index in [9.17, 15) is 9.59 Å². The zero-order chi connectivity index (χ0) is 18.3. The molecule has 2 aliphatic rings. The molecule has 1 aromatic heterocycles. The molecule has 1 aliphatic carbocycles. The van der Waals surface area contributed by atoms with Gasteiger partial charge in [-0.05, 0) is 43.9 Å². The lowest BCUT2D eigenvalue weighted by Gasteiger charge is -2.37. The van der Waals surface area contributed by atoms with Crippen molar-refractivity contribution in [2.45, 2.75) is 51.0 Å². The van der Waals surface area contributed by atoms with Crippen molar-refractivity contribution in [1.29, 1.82) is 0 Å². The Bertz CT molecular complexity index is 898. The maximum atomic E-state index is 13.6. The molecule has 4 rings (SSSR count). The zero-order valence-corrected chi connectivity index (χ0v) is 15.6. The molecule has 0 unspecified atom stereocenters. The van der Waals surface area contributed by atoms with E-state index in [1.165, 1.54) is 0 Å². The smallest absolute Gasteiger partial charge is 0.254 e. The fraction of sp³-hybridized carbons (Fsp3) is 0.450. The molecule has 0 radical (unpaired) electrons. The van der Waals surface area contributed by atoms with E-state index in [1.807, 2.05) is 29.2 Å². The number of amides is 1. The third-order valence-electron chi connectivity index (χ3n) is 5.74. The summed E-state index contributed by atoms with van der Waals surface area (Å²) in [4.78, 5) is 34.8. The van der Waals surface area contributed by atoms with Gasteiger partial charge in [0.15, 0.2) is 0 Å². The fourth-order valence-electron chi connectivity index (χ4n) is 4.41. The van der Waals surface area contributed by atoms with E-state index >= 15 is 0 Å². The van der Waals surface area contributed by atoms with Gasteiger partial charge in [0.1, 0.15) is 5.82 Å². The van der Waals surface area contributed by atoms with Gasteiger partial charge in [-0.1, -0.05) is 36.6 Å². The lowest BCUT2D eigenvalue weighted by atomic mass is 9.77. The second kappa shape index (κ2) is 6.54. The van der Waals surface area contributed by atoms with Crippen molar-refractivity contribution in [2.75, 3.05) is 6.54 Å². The number of hydrogen-bond donors (Lipinski definition) is 1. The van der Waals surface area contributed by atoms with Gasteiger partial charge >= 0.3 is 0 Å². The second-order valence-corrected chi connectivity index (χ2v) is 7.79. The summed E-state index contributed by atoms with van der Waals surface area (Å²) in [7, 11) is 0. The molecule has 0 saturated heterocycles. The number of nitrogens with one attached hydrogen (secondary N) is 1. The minimum Gasteiger partial charge on any atom is -0.336 e. The van der Waals surface area contributed by atoms with Crippen LogP contribution in [0.25, 0.3) is 0 Å². The first kappa shape index (κ1) is 17.3. The topological polar surface area (TPSA) is 66.1 Å². The van der Waals surface area contributed by atoms with E-state index < -0.39 is 5.41 Å². The van der Waals surface area contributed by atoms with Gasteiger partial charge in [-0.3, -0.25) is 9.59 Å². The van der Waals surface area contributed by atoms with Crippen molar-refractivity contribution < 1.29 is 4.79 Å². The Morgan fingerprint density at radius 1 is 1.23 bits per heavy atom. The molecular formula is C20H22ClN3O2. The third kappa shape index (κ3) is 2.84. The molecule has 0 bridgehead atoms. The van der Waals surface area contributed by atoms with Crippen LogP contribution in [0.4, 0.5) is 0 Å². The number of H-pyrrole nitrogens is 1. The summed E-state index contributed by atoms with van der Waals surface area (Å²) in [6.07, 6.45) is 4.38. The number of benzene rings is 1. The van der Waals surface area contributed by atoms with Gasteiger partial charge in [0, 0.05) is 17.1 Å². The lowest BCUT2D eigenvalue weighted by molar-refractivity contribution is -0.138. The van der Waals surface area contributed by atoms with Gasteiger partial charge in [0.25, 0.3) is 5.56 Å². The molecule has 26 heavy (non-hydrogen) atoms. The summed E-state index contributed by atoms with van der Waals surface area (Å²) >= 11 is 6.04. The minimum absolute atomic E-state index is 0.0760. The largest absolute Gasteiger partial charge is 0.336 e. The number of aromatic amines is 1. The highest BCUT2D eigenvalue weighted by atomic mass is 35.5. The van der Waals surface area contributed by atoms with Crippen LogP contribution in [-0.4, -0.2) is 27.3 Å². The first-order valence-electron chi connectivity index (χ1n) is 9.14. The molecule has 136 valence electrons.